The SMILES string of the molecule is COCCOC(=O)/C=C/c1ccc2ccc3cccc4ccc1c2c34. The molecule has 0 fully saturated rings. The van der Waals surface area contributed by atoms with Gasteiger partial charge in [0.2, 0.25) is 0 Å². The summed E-state index contributed by atoms with van der Waals surface area (Å²) in [7, 11) is 1.58. The molecule has 0 atom stereocenters. The minimum atomic E-state index is -0.359. The van der Waals surface area contributed by atoms with E-state index in [1.807, 2.05) is 12.1 Å². The average molecular weight is 330 g/mol. The van der Waals surface area contributed by atoms with Crippen molar-refractivity contribution in [1.29, 1.82) is 0 Å². The third-order valence-corrected chi connectivity index (χ3v) is 4.49. The molecule has 0 saturated heterocycles. The molecular weight excluding hydrogens is 312 g/mol. The largest absolute Gasteiger partial charge is 0.460 e. The molecule has 0 aliphatic carbocycles. The first-order valence-corrected chi connectivity index (χ1v) is 8.28. The Kier molecular flexibility index (Phi) is 4.08. The van der Waals surface area contributed by atoms with Crippen LogP contribution < -0.4 is 0 Å². The molecule has 0 saturated carbocycles. The van der Waals surface area contributed by atoms with Gasteiger partial charge in [-0.25, -0.2) is 4.79 Å². The summed E-state index contributed by atoms with van der Waals surface area (Å²) >= 11 is 0. The molecule has 0 bridgehead atoms. The number of carbonyl (C=O) groups is 1. The zero-order valence-electron chi connectivity index (χ0n) is 14.0. The molecule has 25 heavy (non-hydrogen) atoms. The number of carbonyl (C=O) groups excluding carboxylic acids is 1. The van der Waals surface area contributed by atoms with Crippen LogP contribution in [0.4, 0.5) is 0 Å². The van der Waals surface area contributed by atoms with Crippen LogP contribution in [0.25, 0.3) is 38.4 Å². The minimum absolute atomic E-state index is 0.262. The summed E-state index contributed by atoms with van der Waals surface area (Å²) in [6.45, 7) is 0.663. The molecule has 3 nitrogen and oxygen atoms in total. The first-order valence-electron chi connectivity index (χ1n) is 8.28. The molecule has 4 aromatic rings. The number of benzene rings is 4. The molecule has 4 rings (SSSR count). The van der Waals surface area contributed by atoms with Crippen molar-refractivity contribution in [2.45, 2.75) is 0 Å². The van der Waals surface area contributed by atoms with Crippen molar-refractivity contribution in [3.05, 3.63) is 66.2 Å². The van der Waals surface area contributed by atoms with Gasteiger partial charge in [0.05, 0.1) is 6.61 Å². The van der Waals surface area contributed by atoms with Crippen LogP contribution in [0.3, 0.4) is 0 Å². The van der Waals surface area contributed by atoms with Crippen LogP contribution in [0.1, 0.15) is 5.56 Å². The van der Waals surface area contributed by atoms with E-state index in [-0.39, 0.29) is 12.6 Å². The van der Waals surface area contributed by atoms with Crippen LogP contribution in [-0.4, -0.2) is 26.3 Å². The zero-order valence-corrected chi connectivity index (χ0v) is 14.0. The predicted octanol–water partition coefficient (Wildman–Crippen LogP) is 4.79. The average Bonchev–Trinajstić information content (AvgIpc) is 2.65. The van der Waals surface area contributed by atoms with Crippen LogP contribution >= 0.6 is 0 Å². The Morgan fingerprint density at radius 3 is 2.32 bits per heavy atom. The molecule has 124 valence electrons. The van der Waals surface area contributed by atoms with Gasteiger partial charge in [-0.05, 0) is 44.0 Å². The summed E-state index contributed by atoms with van der Waals surface area (Å²) in [5.41, 5.74) is 1.01. The van der Waals surface area contributed by atoms with Gasteiger partial charge in [-0.15, -0.1) is 0 Å². The van der Waals surface area contributed by atoms with E-state index < -0.39 is 0 Å². The Morgan fingerprint density at radius 1 is 0.880 bits per heavy atom. The fraction of sp³-hybridized carbons (Fsp3) is 0.136. The molecule has 3 heteroatoms. The predicted molar refractivity (Wildman–Crippen MR) is 102 cm³/mol. The monoisotopic (exact) mass is 330 g/mol. The van der Waals surface area contributed by atoms with E-state index >= 15 is 0 Å². The van der Waals surface area contributed by atoms with Gasteiger partial charge in [-0.1, -0.05) is 54.6 Å². The first kappa shape index (κ1) is 15.6. The van der Waals surface area contributed by atoms with E-state index in [2.05, 4.69) is 48.5 Å². The second-order valence-electron chi connectivity index (χ2n) is 6.00. The van der Waals surface area contributed by atoms with Crippen LogP contribution in [-0.2, 0) is 14.3 Å². The Labute approximate surface area is 145 Å². The molecule has 0 spiro atoms. The molecule has 0 aliphatic rings. The smallest absolute Gasteiger partial charge is 0.330 e. The van der Waals surface area contributed by atoms with Crippen LogP contribution in [0, 0.1) is 0 Å². The summed E-state index contributed by atoms with van der Waals surface area (Å²) < 4.78 is 9.96. The summed E-state index contributed by atoms with van der Waals surface area (Å²) in [5, 5.41) is 7.33. The van der Waals surface area contributed by atoms with Crippen molar-refractivity contribution in [2.24, 2.45) is 0 Å². The van der Waals surface area contributed by atoms with E-state index in [0.29, 0.717) is 6.61 Å². The number of rotatable bonds is 5. The lowest BCUT2D eigenvalue weighted by Crippen LogP contribution is -2.06. The Bertz CT molecular complexity index is 1060. The van der Waals surface area contributed by atoms with Gasteiger partial charge in [-0.2, -0.15) is 0 Å². The third kappa shape index (κ3) is 2.83. The number of hydrogen-bond acceptors (Lipinski definition) is 3. The maximum absolute atomic E-state index is 11.8. The molecule has 0 amide bonds. The number of methoxy groups -OCH3 is 1. The number of ether oxygens (including phenoxy) is 2. The molecular formula is C22H18O3. The normalized spacial score (nSPS) is 11.9. The Morgan fingerprint density at radius 2 is 1.56 bits per heavy atom. The molecule has 0 unspecified atom stereocenters. The zero-order chi connectivity index (χ0) is 17.2. The second kappa shape index (κ2) is 6.54. The van der Waals surface area contributed by atoms with Gasteiger partial charge >= 0.3 is 5.97 Å². The van der Waals surface area contributed by atoms with Crippen molar-refractivity contribution in [3.8, 4) is 0 Å². The lowest BCUT2D eigenvalue weighted by molar-refractivity contribution is -0.138. The van der Waals surface area contributed by atoms with E-state index in [0.717, 1.165) is 10.9 Å². The van der Waals surface area contributed by atoms with Crippen LogP contribution in [0.15, 0.2) is 60.7 Å². The van der Waals surface area contributed by atoms with Crippen molar-refractivity contribution < 1.29 is 14.3 Å². The van der Waals surface area contributed by atoms with E-state index in [9.17, 15) is 4.79 Å². The van der Waals surface area contributed by atoms with Crippen molar-refractivity contribution in [3.63, 3.8) is 0 Å². The van der Waals surface area contributed by atoms with E-state index in [1.165, 1.54) is 33.0 Å². The maximum atomic E-state index is 11.8. The molecule has 0 radical (unpaired) electrons. The van der Waals surface area contributed by atoms with Crippen molar-refractivity contribution in [2.75, 3.05) is 20.3 Å². The summed E-state index contributed by atoms with van der Waals surface area (Å²) in [4.78, 5) is 11.8. The maximum Gasteiger partial charge on any atom is 0.330 e. The highest BCUT2D eigenvalue weighted by Crippen LogP contribution is 2.36. The Hall–Kier alpha value is -2.91. The minimum Gasteiger partial charge on any atom is -0.460 e. The van der Waals surface area contributed by atoms with Crippen LogP contribution in [0.5, 0.6) is 0 Å². The fourth-order valence-electron chi connectivity index (χ4n) is 3.33. The topological polar surface area (TPSA) is 35.5 Å². The summed E-state index contributed by atoms with van der Waals surface area (Å²) in [6.07, 6.45) is 3.29. The number of hydrogen-bond donors (Lipinski definition) is 0. The van der Waals surface area contributed by atoms with Gasteiger partial charge in [0.15, 0.2) is 0 Å². The lowest BCUT2D eigenvalue weighted by atomic mass is 9.92. The summed E-state index contributed by atoms with van der Waals surface area (Å²) in [5.74, 6) is -0.359. The van der Waals surface area contributed by atoms with E-state index in [4.69, 9.17) is 9.47 Å². The van der Waals surface area contributed by atoms with E-state index in [1.54, 1.807) is 7.11 Å². The van der Waals surface area contributed by atoms with Crippen molar-refractivity contribution >= 4 is 44.4 Å². The van der Waals surface area contributed by atoms with Crippen molar-refractivity contribution in [1.82, 2.24) is 0 Å². The van der Waals surface area contributed by atoms with Gasteiger partial charge in [0, 0.05) is 13.2 Å². The quantitative estimate of drug-likeness (QED) is 0.228. The number of esters is 1. The highest BCUT2D eigenvalue weighted by Gasteiger charge is 2.09. The van der Waals surface area contributed by atoms with Gasteiger partial charge in [0.1, 0.15) is 6.61 Å². The molecule has 0 N–H and O–H groups in total. The molecule has 0 heterocycles. The van der Waals surface area contributed by atoms with Gasteiger partial charge < -0.3 is 9.47 Å². The standard InChI is InChI=1S/C22H18O3/c1-24-13-14-25-20(23)12-10-15-5-6-18-8-7-16-3-2-4-17-9-11-19(15)22(18)21(16)17/h2-12H,13-14H2,1H3/b12-10+. The lowest BCUT2D eigenvalue weighted by Gasteiger charge is -2.12. The Balaban J connectivity index is 1.79. The van der Waals surface area contributed by atoms with Gasteiger partial charge in [-0.3, -0.25) is 0 Å². The molecule has 4 aromatic carbocycles. The highest BCUT2D eigenvalue weighted by molar-refractivity contribution is 6.24. The molecule has 0 aromatic heterocycles. The highest BCUT2D eigenvalue weighted by atomic mass is 16.6. The summed E-state index contributed by atoms with van der Waals surface area (Å²) in [6, 6.07) is 19.1. The first-order chi connectivity index (χ1) is 12.3. The van der Waals surface area contributed by atoms with Gasteiger partial charge in [0.25, 0.3) is 0 Å². The molecule has 0 aliphatic heterocycles. The fourth-order valence-corrected chi connectivity index (χ4v) is 3.33. The van der Waals surface area contributed by atoms with Crippen LogP contribution in [0.2, 0.25) is 0 Å². The second-order valence-corrected chi connectivity index (χ2v) is 6.00. The third-order valence-electron chi connectivity index (χ3n) is 4.49.